The van der Waals surface area contributed by atoms with Gasteiger partial charge in [0.2, 0.25) is 0 Å². The molecular formula is C10H12N2O3S. The van der Waals surface area contributed by atoms with Crippen LogP contribution in [0.15, 0.2) is 12.1 Å². The number of carbonyl (C=O) groups excluding carboxylic acids is 1. The van der Waals surface area contributed by atoms with Gasteiger partial charge in [-0.3, -0.25) is 0 Å². The summed E-state index contributed by atoms with van der Waals surface area (Å²) in [4.78, 5) is 11.6. The Morgan fingerprint density at radius 2 is 1.94 bits per heavy atom. The molecule has 0 aliphatic rings. The smallest absolute Gasteiger partial charge is 0.341 e. The Hall–Kier alpha value is -1.82. The van der Waals surface area contributed by atoms with Crippen LogP contribution in [0, 0.1) is 0 Å². The van der Waals surface area contributed by atoms with E-state index in [0.29, 0.717) is 17.0 Å². The lowest BCUT2D eigenvalue weighted by molar-refractivity contribution is 0.0597. The van der Waals surface area contributed by atoms with Crippen molar-refractivity contribution in [1.82, 2.24) is 0 Å². The van der Waals surface area contributed by atoms with Crippen molar-refractivity contribution in [1.29, 1.82) is 0 Å². The first-order valence-electron chi connectivity index (χ1n) is 4.37. The number of thiocarbonyl (C=S) groups is 1. The molecule has 1 aromatic carbocycles. The van der Waals surface area contributed by atoms with E-state index in [1.54, 1.807) is 0 Å². The zero-order valence-corrected chi connectivity index (χ0v) is 9.76. The molecular weight excluding hydrogens is 228 g/mol. The molecule has 0 amide bonds. The highest BCUT2D eigenvalue weighted by Gasteiger charge is 2.16. The number of nitrogens with two attached hydrogens (primary N) is 2. The summed E-state index contributed by atoms with van der Waals surface area (Å²) < 4.78 is 9.63. The molecule has 86 valence electrons. The summed E-state index contributed by atoms with van der Waals surface area (Å²) >= 11 is 4.82. The third-order valence-corrected chi connectivity index (χ3v) is 2.26. The van der Waals surface area contributed by atoms with Gasteiger partial charge >= 0.3 is 5.97 Å². The molecule has 16 heavy (non-hydrogen) atoms. The van der Waals surface area contributed by atoms with Crippen LogP contribution in [0.4, 0.5) is 5.69 Å². The van der Waals surface area contributed by atoms with Gasteiger partial charge in [0.1, 0.15) is 16.3 Å². The maximum absolute atomic E-state index is 11.5. The SMILES string of the molecule is COC(=O)c1cc(C(N)=S)c(N)cc1OC. The lowest BCUT2D eigenvalue weighted by Gasteiger charge is -2.11. The van der Waals surface area contributed by atoms with Gasteiger partial charge in [0, 0.05) is 17.3 Å². The van der Waals surface area contributed by atoms with E-state index in [0.717, 1.165) is 0 Å². The molecule has 4 N–H and O–H groups in total. The Morgan fingerprint density at radius 3 is 2.38 bits per heavy atom. The Balaban J connectivity index is 3.40. The van der Waals surface area contributed by atoms with Crippen molar-refractivity contribution in [2.75, 3.05) is 20.0 Å². The average molecular weight is 240 g/mol. The molecule has 0 aromatic heterocycles. The number of hydrogen-bond acceptors (Lipinski definition) is 5. The molecule has 0 bridgehead atoms. The maximum atomic E-state index is 11.5. The molecule has 0 aliphatic carbocycles. The van der Waals surface area contributed by atoms with Crippen molar-refractivity contribution < 1.29 is 14.3 Å². The number of nitrogen functional groups attached to an aromatic ring is 1. The van der Waals surface area contributed by atoms with Crippen LogP contribution in [0.2, 0.25) is 0 Å². The monoisotopic (exact) mass is 240 g/mol. The molecule has 0 saturated carbocycles. The predicted octanol–water partition coefficient (Wildman–Crippen LogP) is 0.698. The zero-order chi connectivity index (χ0) is 12.3. The van der Waals surface area contributed by atoms with Crippen LogP contribution in [0.1, 0.15) is 15.9 Å². The first-order chi connectivity index (χ1) is 7.51. The van der Waals surface area contributed by atoms with Crippen molar-refractivity contribution in [2.24, 2.45) is 5.73 Å². The molecule has 1 rings (SSSR count). The fourth-order valence-electron chi connectivity index (χ4n) is 1.25. The van der Waals surface area contributed by atoms with Gasteiger partial charge in [-0.15, -0.1) is 0 Å². The summed E-state index contributed by atoms with van der Waals surface area (Å²) in [6.45, 7) is 0. The van der Waals surface area contributed by atoms with Gasteiger partial charge in [0.05, 0.1) is 14.2 Å². The average Bonchev–Trinajstić information content (AvgIpc) is 2.27. The van der Waals surface area contributed by atoms with E-state index in [4.69, 9.17) is 28.4 Å². The summed E-state index contributed by atoms with van der Waals surface area (Å²) in [5.41, 5.74) is 12.2. The van der Waals surface area contributed by atoms with Gasteiger partial charge in [-0.1, -0.05) is 12.2 Å². The minimum Gasteiger partial charge on any atom is -0.496 e. The summed E-state index contributed by atoms with van der Waals surface area (Å²) in [5.74, 6) is -0.210. The first kappa shape index (κ1) is 12.3. The summed E-state index contributed by atoms with van der Waals surface area (Å²) in [7, 11) is 2.71. The van der Waals surface area contributed by atoms with Crippen molar-refractivity contribution >= 4 is 28.9 Å². The van der Waals surface area contributed by atoms with Crippen molar-refractivity contribution in [2.45, 2.75) is 0 Å². The van der Waals surface area contributed by atoms with Gasteiger partial charge in [-0.05, 0) is 6.07 Å². The molecule has 0 fully saturated rings. The number of rotatable bonds is 3. The van der Waals surface area contributed by atoms with Crippen LogP contribution in [-0.4, -0.2) is 25.2 Å². The molecule has 0 radical (unpaired) electrons. The quantitative estimate of drug-likeness (QED) is 0.459. The van der Waals surface area contributed by atoms with Crippen LogP contribution in [0.3, 0.4) is 0 Å². The van der Waals surface area contributed by atoms with Gasteiger partial charge in [0.25, 0.3) is 0 Å². The fraction of sp³-hybridized carbons (Fsp3) is 0.200. The van der Waals surface area contributed by atoms with Crippen molar-refractivity contribution in [3.8, 4) is 5.75 Å². The summed E-state index contributed by atoms with van der Waals surface area (Å²) in [6, 6.07) is 2.95. The van der Waals surface area contributed by atoms with E-state index < -0.39 is 5.97 Å². The molecule has 0 spiro atoms. The third-order valence-electron chi connectivity index (χ3n) is 2.04. The second-order valence-corrected chi connectivity index (χ2v) is 3.44. The van der Waals surface area contributed by atoms with Crippen LogP contribution in [0.5, 0.6) is 5.75 Å². The molecule has 0 unspecified atom stereocenters. The largest absolute Gasteiger partial charge is 0.496 e. The van der Waals surface area contributed by atoms with E-state index in [2.05, 4.69) is 4.74 Å². The number of esters is 1. The Morgan fingerprint density at radius 1 is 1.31 bits per heavy atom. The van der Waals surface area contributed by atoms with Gasteiger partial charge in [-0.25, -0.2) is 4.79 Å². The van der Waals surface area contributed by atoms with Gasteiger partial charge < -0.3 is 20.9 Å². The summed E-state index contributed by atoms with van der Waals surface area (Å²) in [6.07, 6.45) is 0. The minimum absolute atomic E-state index is 0.116. The maximum Gasteiger partial charge on any atom is 0.341 e. The molecule has 0 atom stereocenters. The third kappa shape index (κ3) is 2.22. The Bertz CT molecular complexity index is 446. The van der Waals surface area contributed by atoms with Crippen LogP contribution in [-0.2, 0) is 4.74 Å². The van der Waals surface area contributed by atoms with Crippen LogP contribution >= 0.6 is 12.2 Å². The number of hydrogen-bond donors (Lipinski definition) is 2. The normalized spacial score (nSPS) is 9.62. The lowest BCUT2D eigenvalue weighted by Crippen LogP contribution is -2.14. The molecule has 1 aromatic rings. The molecule has 0 saturated heterocycles. The molecule has 0 heterocycles. The number of benzene rings is 1. The highest BCUT2D eigenvalue weighted by Crippen LogP contribution is 2.26. The predicted molar refractivity (Wildman–Crippen MR) is 64.6 cm³/mol. The summed E-state index contributed by atoms with van der Waals surface area (Å²) in [5, 5.41) is 0. The van der Waals surface area contributed by atoms with E-state index in [9.17, 15) is 4.79 Å². The lowest BCUT2D eigenvalue weighted by atomic mass is 10.1. The Labute approximate surface area is 98.3 Å². The number of anilines is 1. The number of ether oxygens (including phenoxy) is 2. The fourth-order valence-corrected chi connectivity index (χ4v) is 1.42. The first-order valence-corrected chi connectivity index (χ1v) is 4.77. The van der Waals surface area contributed by atoms with E-state index in [1.165, 1.54) is 26.4 Å². The standard InChI is InChI=1S/C10H12N2O3S/c1-14-8-4-7(11)5(9(12)16)3-6(8)10(13)15-2/h3-4H,11H2,1-2H3,(H2,12,16). The second-order valence-electron chi connectivity index (χ2n) is 3.00. The van der Waals surface area contributed by atoms with Gasteiger partial charge in [0.15, 0.2) is 0 Å². The van der Waals surface area contributed by atoms with Crippen molar-refractivity contribution in [3.05, 3.63) is 23.3 Å². The molecule has 6 heteroatoms. The zero-order valence-electron chi connectivity index (χ0n) is 8.94. The van der Waals surface area contributed by atoms with E-state index in [-0.39, 0.29) is 10.6 Å². The highest BCUT2D eigenvalue weighted by atomic mass is 32.1. The molecule has 5 nitrogen and oxygen atoms in total. The van der Waals surface area contributed by atoms with Crippen molar-refractivity contribution in [3.63, 3.8) is 0 Å². The minimum atomic E-state index is -0.533. The van der Waals surface area contributed by atoms with E-state index in [1.807, 2.05) is 0 Å². The topological polar surface area (TPSA) is 87.6 Å². The Kier molecular flexibility index (Phi) is 3.68. The van der Waals surface area contributed by atoms with Crippen LogP contribution in [0.25, 0.3) is 0 Å². The second kappa shape index (κ2) is 4.80. The number of carbonyl (C=O) groups is 1. The number of methoxy groups -OCH3 is 2. The van der Waals surface area contributed by atoms with E-state index >= 15 is 0 Å². The van der Waals surface area contributed by atoms with Crippen LogP contribution < -0.4 is 16.2 Å². The van der Waals surface area contributed by atoms with Gasteiger partial charge in [-0.2, -0.15) is 0 Å². The molecule has 0 aliphatic heterocycles. The highest BCUT2D eigenvalue weighted by molar-refractivity contribution is 7.80.